The summed E-state index contributed by atoms with van der Waals surface area (Å²) in [4.78, 5) is 14.3. The molecule has 0 spiro atoms. The molecule has 0 atom stereocenters. The fraction of sp³-hybridized carbons (Fsp3) is 0.412. The molecule has 0 N–H and O–H groups in total. The zero-order valence-corrected chi connectivity index (χ0v) is 14.8. The van der Waals surface area contributed by atoms with Crippen LogP contribution in [-0.4, -0.2) is 42.7 Å². The summed E-state index contributed by atoms with van der Waals surface area (Å²) in [6.45, 7) is 4.07. The van der Waals surface area contributed by atoms with E-state index in [1.807, 2.05) is 0 Å². The monoisotopic (exact) mass is 366 g/mol. The van der Waals surface area contributed by atoms with E-state index in [9.17, 15) is 17.6 Å². The summed E-state index contributed by atoms with van der Waals surface area (Å²) in [7, 11) is -3.53. The first-order valence-corrected chi connectivity index (χ1v) is 9.57. The molecule has 1 saturated heterocycles. The van der Waals surface area contributed by atoms with Gasteiger partial charge in [-0.1, -0.05) is 5.16 Å². The number of amides is 1. The van der Waals surface area contributed by atoms with Gasteiger partial charge in [-0.15, -0.1) is 0 Å². The van der Waals surface area contributed by atoms with Gasteiger partial charge in [-0.3, -0.25) is 4.79 Å². The maximum absolute atomic E-state index is 13.0. The van der Waals surface area contributed by atoms with Crippen molar-refractivity contribution in [1.82, 2.24) is 10.1 Å². The molecule has 6 nitrogen and oxygen atoms in total. The van der Waals surface area contributed by atoms with Crippen molar-refractivity contribution in [3.63, 3.8) is 0 Å². The van der Waals surface area contributed by atoms with Gasteiger partial charge in [0.15, 0.2) is 9.84 Å². The fourth-order valence-corrected chi connectivity index (χ4v) is 4.86. The average molecular weight is 366 g/mol. The van der Waals surface area contributed by atoms with Crippen LogP contribution in [0.3, 0.4) is 0 Å². The van der Waals surface area contributed by atoms with Crippen LogP contribution in [0.25, 0.3) is 0 Å². The molecule has 134 valence electrons. The Morgan fingerprint density at radius 3 is 2.32 bits per heavy atom. The molecule has 0 radical (unpaired) electrons. The Labute approximate surface area is 145 Å². The van der Waals surface area contributed by atoms with Crippen LogP contribution < -0.4 is 0 Å². The normalized spacial score (nSPS) is 16.2. The molecule has 1 aromatic carbocycles. The standard InChI is InChI=1S/C17H19FN2O4S/c1-11-16(12(2)24-19-11)17(21)20-9-7-15(8-10-20)25(22,23)14-5-3-13(18)4-6-14/h3-6,15H,7-10H2,1-2H3. The lowest BCUT2D eigenvalue weighted by Gasteiger charge is -2.31. The molecule has 3 rings (SSSR count). The lowest BCUT2D eigenvalue weighted by Crippen LogP contribution is -2.42. The van der Waals surface area contributed by atoms with E-state index in [0.717, 1.165) is 12.1 Å². The number of hydrogen-bond donors (Lipinski definition) is 0. The van der Waals surface area contributed by atoms with E-state index in [2.05, 4.69) is 5.16 Å². The van der Waals surface area contributed by atoms with Crippen LogP contribution >= 0.6 is 0 Å². The second kappa shape index (κ2) is 6.59. The van der Waals surface area contributed by atoms with Crippen LogP contribution in [0.15, 0.2) is 33.7 Å². The summed E-state index contributed by atoms with van der Waals surface area (Å²) < 4.78 is 43.4. The third-order valence-electron chi connectivity index (χ3n) is 4.56. The van der Waals surface area contributed by atoms with Gasteiger partial charge < -0.3 is 9.42 Å². The lowest BCUT2D eigenvalue weighted by molar-refractivity contribution is 0.0723. The van der Waals surface area contributed by atoms with Gasteiger partial charge in [0.1, 0.15) is 17.1 Å². The maximum Gasteiger partial charge on any atom is 0.259 e. The molecule has 0 aliphatic carbocycles. The van der Waals surface area contributed by atoms with Crippen LogP contribution in [0.2, 0.25) is 0 Å². The van der Waals surface area contributed by atoms with E-state index < -0.39 is 20.9 Å². The van der Waals surface area contributed by atoms with Crippen LogP contribution in [0, 0.1) is 19.7 Å². The first kappa shape index (κ1) is 17.6. The van der Waals surface area contributed by atoms with Gasteiger partial charge in [-0.2, -0.15) is 0 Å². The zero-order chi connectivity index (χ0) is 18.2. The SMILES string of the molecule is Cc1noc(C)c1C(=O)N1CCC(S(=O)(=O)c2ccc(F)cc2)CC1. The highest BCUT2D eigenvalue weighted by molar-refractivity contribution is 7.92. The Morgan fingerprint density at radius 2 is 1.80 bits per heavy atom. The lowest BCUT2D eigenvalue weighted by atomic mass is 10.1. The molecule has 0 unspecified atom stereocenters. The van der Waals surface area contributed by atoms with Crippen molar-refractivity contribution >= 4 is 15.7 Å². The summed E-state index contributed by atoms with van der Waals surface area (Å²) in [5.74, 6) is -0.198. The van der Waals surface area contributed by atoms with Crippen molar-refractivity contribution in [2.45, 2.75) is 36.8 Å². The summed E-state index contributed by atoms with van der Waals surface area (Å²) >= 11 is 0. The number of rotatable bonds is 3. The number of carbonyl (C=O) groups is 1. The molecule has 8 heteroatoms. The molecule has 1 aliphatic rings. The third kappa shape index (κ3) is 3.30. The van der Waals surface area contributed by atoms with Gasteiger partial charge in [0.05, 0.1) is 15.8 Å². The van der Waals surface area contributed by atoms with Crippen LogP contribution in [0.4, 0.5) is 4.39 Å². The summed E-state index contributed by atoms with van der Waals surface area (Å²) in [5.41, 5.74) is 0.975. The summed E-state index contributed by atoms with van der Waals surface area (Å²) in [6.07, 6.45) is 0.684. The fourth-order valence-electron chi connectivity index (χ4n) is 3.13. The molecule has 1 amide bonds. The highest BCUT2D eigenvalue weighted by atomic mass is 32.2. The maximum atomic E-state index is 13.0. The van der Waals surface area contributed by atoms with Crippen LogP contribution in [-0.2, 0) is 9.84 Å². The number of carbonyl (C=O) groups excluding carboxylic acids is 1. The highest BCUT2D eigenvalue weighted by Gasteiger charge is 2.34. The molecule has 0 bridgehead atoms. The van der Waals surface area contributed by atoms with Crippen molar-refractivity contribution in [2.75, 3.05) is 13.1 Å². The van der Waals surface area contributed by atoms with Crippen molar-refractivity contribution < 1.29 is 22.1 Å². The van der Waals surface area contributed by atoms with Crippen molar-refractivity contribution in [1.29, 1.82) is 0 Å². The summed E-state index contributed by atoms with van der Waals surface area (Å²) in [6, 6.07) is 4.85. The minimum absolute atomic E-state index is 0.115. The number of likely N-dealkylation sites (tertiary alicyclic amines) is 1. The van der Waals surface area contributed by atoms with Gasteiger partial charge in [-0.25, -0.2) is 12.8 Å². The quantitative estimate of drug-likeness (QED) is 0.780. The number of nitrogens with zero attached hydrogens (tertiary/aromatic N) is 2. The number of benzene rings is 1. The van der Waals surface area contributed by atoms with Crippen molar-refractivity contribution in [3.05, 3.63) is 47.1 Å². The van der Waals surface area contributed by atoms with E-state index >= 15 is 0 Å². The second-order valence-electron chi connectivity index (χ2n) is 6.19. The van der Waals surface area contributed by atoms with Gasteiger partial charge >= 0.3 is 0 Å². The second-order valence-corrected chi connectivity index (χ2v) is 8.42. The number of piperidine rings is 1. The van der Waals surface area contributed by atoms with E-state index in [-0.39, 0.29) is 10.8 Å². The molecule has 1 fully saturated rings. The topological polar surface area (TPSA) is 80.5 Å². The highest BCUT2D eigenvalue weighted by Crippen LogP contribution is 2.26. The van der Waals surface area contributed by atoms with Gasteiger partial charge in [0, 0.05) is 13.1 Å². The minimum Gasteiger partial charge on any atom is -0.361 e. The Balaban J connectivity index is 1.71. The minimum atomic E-state index is -3.53. The molecular formula is C17H19FN2O4S. The zero-order valence-electron chi connectivity index (χ0n) is 14.0. The van der Waals surface area contributed by atoms with Crippen molar-refractivity contribution in [3.8, 4) is 0 Å². The average Bonchev–Trinajstić information content (AvgIpc) is 2.93. The third-order valence-corrected chi connectivity index (χ3v) is 6.84. The van der Waals surface area contributed by atoms with Gasteiger partial charge in [0.25, 0.3) is 5.91 Å². The van der Waals surface area contributed by atoms with Gasteiger partial charge in [0.2, 0.25) is 0 Å². The smallest absolute Gasteiger partial charge is 0.259 e. The first-order chi connectivity index (χ1) is 11.8. The predicted octanol–water partition coefficient (Wildman–Crippen LogP) is 2.51. The molecular weight excluding hydrogens is 347 g/mol. The molecule has 2 aromatic rings. The molecule has 0 saturated carbocycles. The number of aromatic nitrogens is 1. The molecule has 1 aromatic heterocycles. The first-order valence-electron chi connectivity index (χ1n) is 8.02. The van der Waals surface area contributed by atoms with Crippen molar-refractivity contribution in [2.24, 2.45) is 0 Å². The van der Waals surface area contributed by atoms with E-state index in [1.165, 1.54) is 12.1 Å². The molecule has 1 aliphatic heterocycles. The van der Waals surface area contributed by atoms with Gasteiger partial charge in [-0.05, 0) is 51.0 Å². The Bertz CT molecular complexity index is 862. The Kier molecular flexibility index (Phi) is 4.64. The Hall–Kier alpha value is -2.22. The number of hydrogen-bond acceptors (Lipinski definition) is 5. The molecule has 25 heavy (non-hydrogen) atoms. The van der Waals surface area contributed by atoms with E-state index in [0.29, 0.717) is 42.9 Å². The number of halogens is 1. The predicted molar refractivity (Wildman–Crippen MR) is 88.5 cm³/mol. The van der Waals surface area contributed by atoms with E-state index in [1.54, 1.807) is 18.7 Å². The largest absolute Gasteiger partial charge is 0.361 e. The molecule has 2 heterocycles. The van der Waals surface area contributed by atoms with E-state index in [4.69, 9.17) is 4.52 Å². The Morgan fingerprint density at radius 1 is 1.20 bits per heavy atom. The number of aryl methyl sites for hydroxylation is 2. The van der Waals surface area contributed by atoms with Crippen LogP contribution in [0.5, 0.6) is 0 Å². The van der Waals surface area contributed by atoms with Crippen LogP contribution in [0.1, 0.15) is 34.7 Å². The summed E-state index contributed by atoms with van der Waals surface area (Å²) in [5, 5.41) is 3.21. The number of sulfone groups is 1.